The molecular weight excluding hydrogens is 228 g/mol. The summed E-state index contributed by atoms with van der Waals surface area (Å²) in [6.07, 6.45) is 3.46. The first kappa shape index (κ1) is 10.7. The second-order valence-corrected chi connectivity index (χ2v) is 3.47. The van der Waals surface area contributed by atoms with Crippen molar-refractivity contribution in [3.8, 4) is 5.69 Å². The molecule has 0 fully saturated rings. The molecule has 0 atom stereocenters. The summed E-state index contributed by atoms with van der Waals surface area (Å²) in [6, 6.07) is 7.18. The minimum Gasteiger partial charge on any atom is -0.343 e. The Bertz CT molecular complexity index is 509. The third-order valence-electron chi connectivity index (χ3n) is 2.28. The average Bonchev–Trinajstić information content (AvgIpc) is 2.82. The molecule has 5 heteroatoms. The maximum Gasteiger partial charge on any atom is 0.356 e. The molecule has 2 aromatic rings. The topological polar surface area (TPSA) is 44.1 Å². The van der Waals surface area contributed by atoms with Gasteiger partial charge in [-0.25, -0.2) is 9.48 Å². The lowest BCUT2D eigenvalue weighted by Gasteiger charge is -2.06. The third-order valence-corrected chi connectivity index (χ3v) is 2.42. The van der Waals surface area contributed by atoms with Gasteiger partial charge in [-0.2, -0.15) is 5.10 Å². The van der Waals surface area contributed by atoms with Gasteiger partial charge in [0.25, 0.3) is 0 Å². The van der Waals surface area contributed by atoms with Crippen molar-refractivity contribution in [2.24, 2.45) is 0 Å². The lowest BCUT2D eigenvalue weighted by molar-refractivity contribution is 0.0750. The second kappa shape index (κ2) is 4.37. The number of rotatable bonds is 2. The van der Waals surface area contributed by atoms with Crippen molar-refractivity contribution in [2.75, 3.05) is 0 Å². The Morgan fingerprint density at radius 1 is 1.50 bits per heavy atom. The Labute approximate surface area is 97.6 Å². The van der Waals surface area contributed by atoms with Crippen LogP contribution in [0.15, 0.2) is 36.7 Å². The number of carbonyl (C=O) groups is 1. The molecule has 1 aromatic carbocycles. The molecule has 0 bridgehead atoms. The van der Waals surface area contributed by atoms with E-state index in [2.05, 4.69) is 9.39 Å². The molecule has 16 heavy (non-hydrogen) atoms. The predicted molar refractivity (Wildman–Crippen MR) is 59.6 cm³/mol. The maximum absolute atomic E-state index is 11.4. The molecule has 0 aliphatic rings. The quantitative estimate of drug-likeness (QED) is 0.805. The predicted octanol–water partition coefficient (Wildman–Crippen LogP) is 2.49. The average molecular weight is 237 g/mol. The van der Waals surface area contributed by atoms with Crippen molar-refractivity contribution in [3.05, 3.63) is 47.8 Å². The number of halogens is 1. The number of nitrogens with zero attached hydrogens (tertiary/aromatic N) is 2. The highest BCUT2D eigenvalue weighted by Crippen LogP contribution is 2.15. The molecule has 0 unspecified atom stereocenters. The molecule has 1 aromatic heterocycles. The van der Waals surface area contributed by atoms with Crippen LogP contribution in [0.5, 0.6) is 0 Å². The highest BCUT2D eigenvalue weighted by Gasteiger charge is 2.11. The fourth-order valence-electron chi connectivity index (χ4n) is 1.44. The van der Waals surface area contributed by atoms with Crippen LogP contribution in [0.3, 0.4) is 0 Å². The summed E-state index contributed by atoms with van der Waals surface area (Å²) in [5.41, 5.74) is 2.03. The molecule has 0 amide bonds. The van der Waals surface area contributed by atoms with Gasteiger partial charge in [-0.15, -0.1) is 0 Å². The molecule has 0 N–H and O–H groups in total. The van der Waals surface area contributed by atoms with Gasteiger partial charge in [-0.3, -0.25) is 0 Å². The summed E-state index contributed by atoms with van der Waals surface area (Å²) in [4.78, 5) is 11.4. The van der Waals surface area contributed by atoms with Crippen LogP contribution in [0.2, 0.25) is 0 Å². The van der Waals surface area contributed by atoms with Crippen molar-refractivity contribution < 1.29 is 9.08 Å². The molecule has 0 radical (unpaired) electrons. The highest BCUT2D eigenvalue weighted by atomic mass is 35.5. The molecular formula is C11H9ClN2O2. The van der Waals surface area contributed by atoms with E-state index in [1.165, 1.54) is 0 Å². The molecule has 2 rings (SSSR count). The van der Waals surface area contributed by atoms with Crippen molar-refractivity contribution in [3.63, 3.8) is 0 Å². The normalized spacial score (nSPS) is 10.1. The van der Waals surface area contributed by atoms with Crippen LogP contribution in [0, 0.1) is 6.92 Å². The lowest BCUT2D eigenvalue weighted by Crippen LogP contribution is -2.04. The first-order valence-electron chi connectivity index (χ1n) is 4.66. The number of aryl methyl sites for hydroxylation is 1. The molecule has 0 spiro atoms. The van der Waals surface area contributed by atoms with Crippen LogP contribution in [-0.2, 0) is 4.29 Å². The zero-order chi connectivity index (χ0) is 11.5. The van der Waals surface area contributed by atoms with Crippen molar-refractivity contribution in [2.45, 2.75) is 6.92 Å². The Hall–Kier alpha value is -1.81. The van der Waals surface area contributed by atoms with Gasteiger partial charge < -0.3 is 4.29 Å². The van der Waals surface area contributed by atoms with Crippen molar-refractivity contribution >= 4 is 17.8 Å². The maximum atomic E-state index is 11.4. The van der Waals surface area contributed by atoms with Crippen molar-refractivity contribution in [1.29, 1.82) is 0 Å². The summed E-state index contributed by atoms with van der Waals surface area (Å²) < 4.78 is 5.85. The van der Waals surface area contributed by atoms with Gasteiger partial charge >= 0.3 is 5.97 Å². The summed E-state index contributed by atoms with van der Waals surface area (Å²) in [6.45, 7) is 1.82. The number of carbonyl (C=O) groups excluding carboxylic acids is 1. The fraction of sp³-hybridized carbons (Fsp3) is 0.0909. The first-order chi connectivity index (χ1) is 7.72. The van der Waals surface area contributed by atoms with E-state index in [0.717, 1.165) is 11.3 Å². The Balaban J connectivity index is 2.47. The van der Waals surface area contributed by atoms with E-state index in [4.69, 9.17) is 11.9 Å². The molecule has 0 saturated heterocycles. The van der Waals surface area contributed by atoms with Crippen LogP contribution in [-0.4, -0.2) is 15.7 Å². The van der Waals surface area contributed by atoms with Gasteiger partial charge in [-0.1, -0.05) is 6.07 Å². The van der Waals surface area contributed by atoms with E-state index in [9.17, 15) is 4.79 Å². The monoisotopic (exact) mass is 236 g/mol. The van der Waals surface area contributed by atoms with Crippen LogP contribution in [0.25, 0.3) is 5.69 Å². The van der Waals surface area contributed by atoms with E-state index >= 15 is 0 Å². The Morgan fingerprint density at radius 3 is 2.94 bits per heavy atom. The molecule has 0 aliphatic heterocycles. The standard InChI is InChI=1S/C11H9ClN2O2/c1-8-3-4-9(14-6-2-5-13-14)7-10(8)11(15)16-12/h2-7H,1H3. The van der Waals surface area contributed by atoms with Gasteiger partial charge in [-0.05, 0) is 30.7 Å². The zero-order valence-electron chi connectivity index (χ0n) is 8.55. The highest BCUT2D eigenvalue weighted by molar-refractivity contribution is 6.16. The Kier molecular flexibility index (Phi) is 2.92. The van der Waals surface area contributed by atoms with Gasteiger partial charge in [0.2, 0.25) is 0 Å². The first-order valence-corrected chi connectivity index (χ1v) is 4.97. The van der Waals surface area contributed by atoms with Gasteiger partial charge in [0.1, 0.15) is 11.9 Å². The van der Waals surface area contributed by atoms with E-state index in [0.29, 0.717) is 5.56 Å². The summed E-state index contributed by atoms with van der Waals surface area (Å²) in [7, 11) is 0. The largest absolute Gasteiger partial charge is 0.356 e. The number of hydrogen-bond donors (Lipinski definition) is 0. The van der Waals surface area contributed by atoms with Gasteiger partial charge in [0, 0.05) is 12.4 Å². The number of hydrogen-bond acceptors (Lipinski definition) is 3. The minimum atomic E-state index is -0.562. The van der Waals surface area contributed by atoms with Crippen LogP contribution < -0.4 is 0 Å². The lowest BCUT2D eigenvalue weighted by atomic mass is 10.1. The Morgan fingerprint density at radius 2 is 2.31 bits per heavy atom. The summed E-state index contributed by atoms with van der Waals surface area (Å²) in [5.74, 6) is -0.562. The zero-order valence-corrected chi connectivity index (χ0v) is 9.31. The second-order valence-electron chi connectivity index (χ2n) is 3.31. The fourth-order valence-corrected chi connectivity index (χ4v) is 1.52. The molecule has 0 saturated carbocycles. The number of aromatic nitrogens is 2. The summed E-state index contributed by atoms with van der Waals surface area (Å²) >= 11 is 5.06. The molecule has 1 heterocycles. The molecule has 4 nitrogen and oxygen atoms in total. The summed E-state index contributed by atoms with van der Waals surface area (Å²) in [5, 5.41) is 4.07. The van der Waals surface area contributed by atoms with E-state index in [-0.39, 0.29) is 0 Å². The van der Waals surface area contributed by atoms with Crippen LogP contribution >= 0.6 is 11.9 Å². The van der Waals surface area contributed by atoms with Gasteiger partial charge in [0.15, 0.2) is 0 Å². The van der Waals surface area contributed by atoms with Crippen LogP contribution in [0.4, 0.5) is 0 Å². The van der Waals surface area contributed by atoms with Crippen LogP contribution in [0.1, 0.15) is 15.9 Å². The van der Waals surface area contributed by atoms with Crippen molar-refractivity contribution in [1.82, 2.24) is 9.78 Å². The SMILES string of the molecule is Cc1ccc(-n2cccn2)cc1C(=O)OCl. The van der Waals surface area contributed by atoms with E-state index in [1.807, 2.05) is 19.1 Å². The van der Waals surface area contributed by atoms with Gasteiger partial charge in [0.05, 0.1) is 11.3 Å². The molecule has 82 valence electrons. The third kappa shape index (κ3) is 1.92. The molecule has 0 aliphatic carbocycles. The number of benzene rings is 1. The van der Waals surface area contributed by atoms with E-state index in [1.54, 1.807) is 29.2 Å². The minimum absolute atomic E-state index is 0.433. The smallest absolute Gasteiger partial charge is 0.343 e. The van der Waals surface area contributed by atoms with E-state index < -0.39 is 5.97 Å².